The van der Waals surface area contributed by atoms with Gasteiger partial charge in [0.1, 0.15) is 18.1 Å². The van der Waals surface area contributed by atoms with E-state index in [-0.39, 0.29) is 28.8 Å². The molecule has 0 aromatic heterocycles. The summed E-state index contributed by atoms with van der Waals surface area (Å²) < 4.78 is 34.1. The molecule has 1 saturated heterocycles. The zero-order chi connectivity index (χ0) is 16.9. The van der Waals surface area contributed by atoms with E-state index in [0.717, 1.165) is 18.2 Å². The van der Waals surface area contributed by atoms with Crippen molar-refractivity contribution < 1.29 is 27.0 Å². The first-order valence-electron chi connectivity index (χ1n) is 7.50. The summed E-state index contributed by atoms with van der Waals surface area (Å²) in [6.07, 6.45) is 1.84. The largest absolute Gasteiger partial charge is 0.460 e. The van der Waals surface area contributed by atoms with Crippen LogP contribution in [0, 0.1) is 16.7 Å². The van der Waals surface area contributed by atoms with Crippen LogP contribution in [0.1, 0.15) is 33.1 Å². The molecule has 7 nitrogen and oxygen atoms in total. The van der Waals surface area contributed by atoms with Gasteiger partial charge in [0, 0.05) is 12.2 Å². The van der Waals surface area contributed by atoms with E-state index in [1.165, 1.54) is 0 Å². The minimum Gasteiger partial charge on any atom is -0.460 e. The molecule has 0 N–H and O–H groups in total. The molecule has 3 aliphatic rings. The predicted molar refractivity (Wildman–Crippen MR) is 84.3 cm³/mol. The van der Waals surface area contributed by atoms with Crippen molar-refractivity contribution in [2.75, 3.05) is 18.1 Å². The minimum atomic E-state index is -4.07. The van der Waals surface area contributed by atoms with E-state index < -0.39 is 27.3 Å². The molecule has 2 unspecified atom stereocenters. The SMILES string of the molecule is CC1(C)C2CCC1(CS(=O)(=O)O/N=C1\SCCOC1=O)C(=O)C2. The fraction of sp³-hybridized carbons (Fsp3) is 0.786. The molecule has 2 bridgehead atoms. The monoisotopic (exact) mass is 361 g/mol. The molecule has 23 heavy (non-hydrogen) atoms. The maximum Gasteiger partial charge on any atom is 0.367 e. The Morgan fingerprint density at radius 2 is 2.13 bits per heavy atom. The number of cyclic esters (lactones) is 1. The number of hydrogen-bond acceptors (Lipinski definition) is 8. The number of carbonyl (C=O) groups excluding carboxylic acids is 2. The fourth-order valence-corrected chi connectivity index (χ4v) is 6.18. The van der Waals surface area contributed by atoms with E-state index in [4.69, 9.17) is 4.74 Å². The lowest BCUT2D eigenvalue weighted by molar-refractivity contribution is -0.135. The number of carbonyl (C=O) groups is 2. The third kappa shape index (κ3) is 2.67. The van der Waals surface area contributed by atoms with Gasteiger partial charge < -0.3 is 4.74 Å². The first kappa shape index (κ1) is 16.8. The number of ether oxygens (including phenoxy) is 1. The number of rotatable bonds is 4. The number of esters is 1. The molecule has 128 valence electrons. The summed E-state index contributed by atoms with van der Waals surface area (Å²) in [5, 5.41) is 3.32. The Hall–Kier alpha value is -1.09. The van der Waals surface area contributed by atoms with Gasteiger partial charge in [-0.2, -0.15) is 8.42 Å². The second kappa shape index (κ2) is 5.47. The number of ketones is 1. The maximum absolute atomic E-state index is 12.4. The minimum absolute atomic E-state index is 0.00923. The highest BCUT2D eigenvalue weighted by molar-refractivity contribution is 8.15. The molecular formula is C14H19NO6S2. The van der Waals surface area contributed by atoms with Crippen LogP contribution in [0.5, 0.6) is 0 Å². The first-order chi connectivity index (χ1) is 10.7. The number of thioether (sulfide) groups is 1. The third-order valence-electron chi connectivity index (χ3n) is 5.53. The number of Topliss-reactive ketones (excluding diaryl/α,β-unsaturated/α-hetero) is 1. The van der Waals surface area contributed by atoms with E-state index in [9.17, 15) is 18.0 Å². The molecule has 1 heterocycles. The zero-order valence-electron chi connectivity index (χ0n) is 13.0. The summed E-state index contributed by atoms with van der Waals surface area (Å²) in [5.74, 6) is -0.359. The van der Waals surface area contributed by atoms with Crippen molar-refractivity contribution >= 4 is 38.7 Å². The van der Waals surface area contributed by atoms with Crippen LogP contribution in [0.4, 0.5) is 0 Å². The summed E-state index contributed by atoms with van der Waals surface area (Å²) in [6, 6.07) is 0. The molecule has 2 saturated carbocycles. The van der Waals surface area contributed by atoms with E-state index in [2.05, 4.69) is 9.44 Å². The Morgan fingerprint density at radius 3 is 2.70 bits per heavy atom. The molecule has 2 aliphatic carbocycles. The molecule has 2 atom stereocenters. The van der Waals surface area contributed by atoms with Crippen LogP contribution in [0.3, 0.4) is 0 Å². The molecule has 1 aliphatic heterocycles. The van der Waals surface area contributed by atoms with Crippen LogP contribution in [0.15, 0.2) is 5.16 Å². The number of fused-ring (bicyclic) bond motifs is 2. The van der Waals surface area contributed by atoms with Crippen molar-refractivity contribution in [2.45, 2.75) is 33.1 Å². The van der Waals surface area contributed by atoms with E-state index >= 15 is 0 Å². The lowest BCUT2D eigenvalue weighted by atomic mass is 9.70. The van der Waals surface area contributed by atoms with Crippen LogP contribution in [-0.4, -0.2) is 43.3 Å². The predicted octanol–water partition coefficient (Wildman–Crippen LogP) is 1.33. The van der Waals surface area contributed by atoms with E-state index in [1.54, 1.807) is 0 Å². The van der Waals surface area contributed by atoms with Gasteiger partial charge in [-0.25, -0.2) is 4.79 Å². The van der Waals surface area contributed by atoms with Gasteiger partial charge in [-0.1, -0.05) is 30.8 Å². The van der Waals surface area contributed by atoms with Crippen molar-refractivity contribution in [2.24, 2.45) is 21.9 Å². The number of hydrogen-bond donors (Lipinski definition) is 0. The number of oxime groups is 1. The highest BCUT2D eigenvalue weighted by Crippen LogP contribution is 2.64. The molecule has 3 rings (SSSR count). The molecule has 0 radical (unpaired) electrons. The van der Waals surface area contributed by atoms with Gasteiger partial charge in [0.15, 0.2) is 0 Å². The van der Waals surface area contributed by atoms with Gasteiger partial charge in [-0.05, 0) is 24.2 Å². The summed E-state index contributed by atoms with van der Waals surface area (Å²) in [4.78, 5) is 23.8. The highest BCUT2D eigenvalue weighted by Gasteiger charge is 2.65. The normalized spacial score (nSPS) is 34.7. The molecule has 3 fully saturated rings. The molecule has 9 heteroatoms. The van der Waals surface area contributed by atoms with Gasteiger partial charge in [0.25, 0.3) is 0 Å². The van der Waals surface area contributed by atoms with E-state index in [1.807, 2.05) is 13.8 Å². The molecule has 0 aromatic carbocycles. The van der Waals surface area contributed by atoms with Gasteiger partial charge in [-0.15, -0.1) is 0 Å². The molecule has 0 spiro atoms. The standard InChI is InChI=1S/C14H19NO6S2/c1-13(2)9-3-4-14(13,10(16)7-9)8-23(18,19)21-15-11-12(17)20-5-6-22-11/h9H,3-8H2,1-2H3/b15-11-. The highest BCUT2D eigenvalue weighted by atomic mass is 32.2. The second-order valence-electron chi connectivity index (χ2n) is 6.82. The van der Waals surface area contributed by atoms with Crippen molar-refractivity contribution in [1.82, 2.24) is 0 Å². The first-order valence-corrected chi connectivity index (χ1v) is 10.1. The van der Waals surface area contributed by atoms with Gasteiger partial charge >= 0.3 is 16.1 Å². The maximum atomic E-state index is 12.4. The molecule has 0 aromatic rings. The number of nitrogens with zero attached hydrogens (tertiary/aromatic N) is 1. The third-order valence-corrected chi connectivity index (χ3v) is 7.56. The van der Waals surface area contributed by atoms with Crippen LogP contribution in [0.2, 0.25) is 0 Å². The summed E-state index contributed by atoms with van der Waals surface area (Å²) in [6.45, 7) is 4.17. The molecule has 0 amide bonds. The molecular weight excluding hydrogens is 342 g/mol. The summed E-state index contributed by atoms with van der Waals surface area (Å²) in [7, 11) is -4.07. The summed E-state index contributed by atoms with van der Waals surface area (Å²) >= 11 is 1.09. The van der Waals surface area contributed by atoms with Crippen molar-refractivity contribution in [3.05, 3.63) is 0 Å². The zero-order valence-corrected chi connectivity index (χ0v) is 14.7. The van der Waals surface area contributed by atoms with Gasteiger partial charge in [0.05, 0.1) is 5.41 Å². The summed E-state index contributed by atoms with van der Waals surface area (Å²) in [5.41, 5.74) is -1.27. The Morgan fingerprint density at radius 1 is 1.39 bits per heavy atom. The fourth-order valence-electron chi connectivity index (χ4n) is 3.98. The Bertz CT molecular complexity index is 683. The lowest BCUT2D eigenvalue weighted by Crippen LogP contribution is -2.42. The smallest absolute Gasteiger partial charge is 0.367 e. The van der Waals surface area contributed by atoms with Crippen molar-refractivity contribution in [3.8, 4) is 0 Å². The van der Waals surface area contributed by atoms with E-state index in [0.29, 0.717) is 18.6 Å². The van der Waals surface area contributed by atoms with Crippen LogP contribution in [0.25, 0.3) is 0 Å². The van der Waals surface area contributed by atoms with Crippen LogP contribution >= 0.6 is 11.8 Å². The Kier molecular flexibility index (Phi) is 3.99. The van der Waals surface area contributed by atoms with Crippen molar-refractivity contribution in [1.29, 1.82) is 0 Å². The second-order valence-corrected chi connectivity index (χ2v) is 9.46. The Balaban J connectivity index is 1.78. The topological polar surface area (TPSA) is 99.1 Å². The van der Waals surface area contributed by atoms with Crippen LogP contribution < -0.4 is 0 Å². The van der Waals surface area contributed by atoms with Gasteiger partial charge in [0.2, 0.25) is 5.04 Å². The average molecular weight is 361 g/mol. The lowest BCUT2D eigenvalue weighted by Gasteiger charge is -2.35. The average Bonchev–Trinajstić information content (AvgIpc) is 2.80. The van der Waals surface area contributed by atoms with Crippen LogP contribution in [-0.2, 0) is 28.7 Å². The Labute approximate surface area is 139 Å². The van der Waals surface area contributed by atoms with Crippen molar-refractivity contribution in [3.63, 3.8) is 0 Å². The quantitative estimate of drug-likeness (QED) is 0.550. The van der Waals surface area contributed by atoms with Gasteiger partial charge in [-0.3, -0.25) is 9.08 Å².